The van der Waals surface area contributed by atoms with Gasteiger partial charge in [-0.05, 0) is 31.0 Å². The van der Waals surface area contributed by atoms with Crippen molar-refractivity contribution in [1.82, 2.24) is 4.98 Å². The Balaban J connectivity index is 2.31. The predicted octanol–water partition coefficient (Wildman–Crippen LogP) is 3.39. The first-order valence-corrected chi connectivity index (χ1v) is 6.70. The first-order valence-electron chi connectivity index (χ1n) is 6.70. The number of aryl methyl sites for hydroxylation is 1. The molecule has 2 unspecified atom stereocenters. The van der Waals surface area contributed by atoms with Gasteiger partial charge in [0.15, 0.2) is 0 Å². The highest BCUT2D eigenvalue weighted by atomic mass is 19.1. The minimum atomic E-state index is -0.339. The van der Waals surface area contributed by atoms with Crippen LogP contribution in [0.1, 0.15) is 30.6 Å². The molecule has 0 saturated heterocycles. The van der Waals surface area contributed by atoms with Gasteiger partial charge in [0.2, 0.25) is 0 Å². The molecule has 2 aromatic rings. The number of aromatic nitrogens is 1. The highest BCUT2D eigenvalue weighted by Crippen LogP contribution is 2.28. The van der Waals surface area contributed by atoms with Gasteiger partial charge in [0.05, 0.1) is 0 Å². The lowest BCUT2D eigenvalue weighted by Crippen LogP contribution is -2.31. The number of pyridine rings is 1. The largest absolute Gasteiger partial charge is 0.484 e. The zero-order valence-corrected chi connectivity index (χ0v) is 11.7. The molecule has 0 aliphatic rings. The second-order valence-electron chi connectivity index (χ2n) is 4.81. The van der Waals surface area contributed by atoms with Crippen LogP contribution in [-0.4, -0.2) is 11.0 Å². The van der Waals surface area contributed by atoms with E-state index in [1.165, 1.54) is 12.1 Å². The molecule has 2 atom stereocenters. The summed E-state index contributed by atoms with van der Waals surface area (Å²) in [7, 11) is 0. The highest BCUT2D eigenvalue weighted by molar-refractivity contribution is 5.33. The number of nitrogens with zero attached hydrogens (tertiary/aromatic N) is 1. The van der Waals surface area contributed by atoms with E-state index in [-0.39, 0.29) is 18.0 Å². The van der Waals surface area contributed by atoms with Crippen molar-refractivity contribution in [3.8, 4) is 5.75 Å². The van der Waals surface area contributed by atoms with E-state index in [1.54, 1.807) is 18.5 Å². The van der Waals surface area contributed by atoms with E-state index < -0.39 is 0 Å². The fourth-order valence-electron chi connectivity index (χ4n) is 2.00. The summed E-state index contributed by atoms with van der Waals surface area (Å²) in [6.07, 6.45) is 3.85. The van der Waals surface area contributed by atoms with Crippen LogP contribution in [0.5, 0.6) is 5.75 Å². The van der Waals surface area contributed by atoms with Gasteiger partial charge in [-0.15, -0.1) is 0 Å². The van der Waals surface area contributed by atoms with Crippen molar-refractivity contribution in [2.75, 3.05) is 0 Å². The molecule has 2 rings (SSSR count). The summed E-state index contributed by atoms with van der Waals surface area (Å²) >= 11 is 0. The maximum atomic E-state index is 13.4. The third-order valence-corrected chi connectivity index (χ3v) is 3.28. The molecule has 1 heterocycles. The maximum Gasteiger partial charge on any atom is 0.140 e. The molecular weight excluding hydrogens is 255 g/mol. The van der Waals surface area contributed by atoms with Crippen molar-refractivity contribution in [1.29, 1.82) is 0 Å². The summed E-state index contributed by atoms with van der Waals surface area (Å²) in [5.41, 5.74) is 7.91. The third kappa shape index (κ3) is 3.33. The van der Waals surface area contributed by atoms with Crippen LogP contribution in [0.15, 0.2) is 42.7 Å². The SMILES string of the molecule is CCC(N)C(Oc1cc(F)ccc1C)c1cccnc1. The van der Waals surface area contributed by atoms with E-state index >= 15 is 0 Å². The summed E-state index contributed by atoms with van der Waals surface area (Å²) in [6, 6.07) is 8.08. The number of ether oxygens (including phenoxy) is 1. The van der Waals surface area contributed by atoms with Crippen molar-refractivity contribution >= 4 is 0 Å². The Morgan fingerprint density at radius 2 is 2.15 bits per heavy atom. The van der Waals surface area contributed by atoms with E-state index in [4.69, 9.17) is 10.5 Å². The van der Waals surface area contributed by atoms with Crippen LogP contribution in [0.4, 0.5) is 4.39 Å². The predicted molar refractivity (Wildman–Crippen MR) is 77.0 cm³/mol. The van der Waals surface area contributed by atoms with Crippen LogP contribution < -0.4 is 10.5 Å². The highest BCUT2D eigenvalue weighted by Gasteiger charge is 2.21. The second kappa shape index (κ2) is 6.48. The molecule has 0 fully saturated rings. The smallest absolute Gasteiger partial charge is 0.140 e. The fraction of sp³-hybridized carbons (Fsp3) is 0.312. The van der Waals surface area contributed by atoms with Gasteiger partial charge >= 0.3 is 0 Å². The number of benzene rings is 1. The monoisotopic (exact) mass is 274 g/mol. The minimum Gasteiger partial charge on any atom is -0.484 e. The molecule has 3 nitrogen and oxygen atoms in total. The quantitative estimate of drug-likeness (QED) is 0.909. The van der Waals surface area contributed by atoms with Gasteiger partial charge in [-0.25, -0.2) is 4.39 Å². The first-order chi connectivity index (χ1) is 9.61. The van der Waals surface area contributed by atoms with Gasteiger partial charge in [0, 0.05) is 30.1 Å². The number of rotatable bonds is 5. The lowest BCUT2D eigenvalue weighted by atomic mass is 10.0. The number of halogens is 1. The van der Waals surface area contributed by atoms with Crippen molar-refractivity contribution in [2.45, 2.75) is 32.4 Å². The Morgan fingerprint density at radius 3 is 2.80 bits per heavy atom. The molecule has 0 aliphatic carbocycles. The van der Waals surface area contributed by atoms with E-state index in [9.17, 15) is 4.39 Å². The van der Waals surface area contributed by atoms with Crippen LogP contribution in [0.3, 0.4) is 0 Å². The number of hydrogen-bond donors (Lipinski definition) is 1. The summed E-state index contributed by atoms with van der Waals surface area (Å²) in [4.78, 5) is 4.09. The molecule has 0 amide bonds. The molecule has 106 valence electrons. The number of nitrogens with two attached hydrogens (primary N) is 1. The summed E-state index contributed by atoms with van der Waals surface area (Å²) in [5, 5.41) is 0. The van der Waals surface area contributed by atoms with Gasteiger partial charge in [-0.2, -0.15) is 0 Å². The molecule has 0 saturated carbocycles. The van der Waals surface area contributed by atoms with Crippen molar-refractivity contribution in [3.05, 3.63) is 59.7 Å². The van der Waals surface area contributed by atoms with Crippen LogP contribution in [0.25, 0.3) is 0 Å². The summed E-state index contributed by atoms with van der Waals surface area (Å²) < 4.78 is 19.3. The minimum absolute atomic E-state index is 0.179. The van der Waals surface area contributed by atoms with E-state index in [2.05, 4.69) is 4.98 Å². The van der Waals surface area contributed by atoms with Crippen LogP contribution in [0.2, 0.25) is 0 Å². The fourth-order valence-corrected chi connectivity index (χ4v) is 2.00. The van der Waals surface area contributed by atoms with Gasteiger partial charge in [0.1, 0.15) is 17.7 Å². The summed E-state index contributed by atoms with van der Waals surface area (Å²) in [5.74, 6) is 0.198. The third-order valence-electron chi connectivity index (χ3n) is 3.28. The first kappa shape index (κ1) is 14.5. The Hall–Kier alpha value is -1.94. The molecule has 1 aromatic heterocycles. The topological polar surface area (TPSA) is 48.1 Å². The second-order valence-corrected chi connectivity index (χ2v) is 4.81. The molecule has 20 heavy (non-hydrogen) atoms. The standard InChI is InChI=1S/C16H19FN2O/c1-3-14(18)16(12-5-4-8-19-10-12)20-15-9-13(17)7-6-11(15)2/h4-10,14,16H,3,18H2,1-2H3. The Labute approximate surface area is 118 Å². The Kier molecular flexibility index (Phi) is 4.69. The molecule has 0 spiro atoms. The van der Waals surface area contributed by atoms with Crippen molar-refractivity contribution in [3.63, 3.8) is 0 Å². The Bertz CT molecular complexity index is 560. The average molecular weight is 274 g/mol. The van der Waals surface area contributed by atoms with Gasteiger partial charge < -0.3 is 10.5 Å². The lowest BCUT2D eigenvalue weighted by Gasteiger charge is -2.25. The zero-order chi connectivity index (χ0) is 14.5. The molecule has 0 radical (unpaired) electrons. The average Bonchev–Trinajstić information content (AvgIpc) is 2.48. The van der Waals surface area contributed by atoms with Crippen molar-refractivity contribution in [2.24, 2.45) is 5.73 Å². The summed E-state index contributed by atoms with van der Waals surface area (Å²) in [6.45, 7) is 3.88. The van der Waals surface area contributed by atoms with E-state index in [0.717, 1.165) is 17.5 Å². The molecule has 4 heteroatoms. The zero-order valence-electron chi connectivity index (χ0n) is 11.7. The maximum absolute atomic E-state index is 13.4. The van der Waals surface area contributed by atoms with Gasteiger partial charge in [-0.1, -0.05) is 19.1 Å². The van der Waals surface area contributed by atoms with Crippen LogP contribution in [0, 0.1) is 12.7 Å². The molecular formula is C16H19FN2O. The van der Waals surface area contributed by atoms with Gasteiger partial charge in [0.25, 0.3) is 0 Å². The van der Waals surface area contributed by atoms with Crippen LogP contribution >= 0.6 is 0 Å². The normalized spacial score (nSPS) is 13.8. The number of hydrogen-bond acceptors (Lipinski definition) is 3. The van der Waals surface area contributed by atoms with E-state index in [0.29, 0.717) is 5.75 Å². The van der Waals surface area contributed by atoms with E-state index in [1.807, 2.05) is 26.0 Å². The Morgan fingerprint density at radius 1 is 1.35 bits per heavy atom. The molecule has 1 aromatic carbocycles. The van der Waals surface area contributed by atoms with Crippen LogP contribution in [-0.2, 0) is 0 Å². The van der Waals surface area contributed by atoms with Gasteiger partial charge in [-0.3, -0.25) is 4.98 Å². The molecule has 0 bridgehead atoms. The lowest BCUT2D eigenvalue weighted by molar-refractivity contribution is 0.169. The molecule has 2 N–H and O–H groups in total. The molecule has 0 aliphatic heterocycles. The van der Waals surface area contributed by atoms with Crippen molar-refractivity contribution < 1.29 is 9.13 Å².